The SMILES string of the molecule is CC(C)N1C[C@H](c2ccccc2C(F)(F)F)C2(CCNCC2)C1=O. The molecule has 6 heteroatoms. The van der Waals surface area contributed by atoms with E-state index in [9.17, 15) is 18.0 Å². The van der Waals surface area contributed by atoms with Gasteiger partial charge in [-0.2, -0.15) is 13.2 Å². The van der Waals surface area contributed by atoms with E-state index in [1.54, 1.807) is 17.0 Å². The molecule has 0 aromatic heterocycles. The molecule has 1 aromatic rings. The van der Waals surface area contributed by atoms with Gasteiger partial charge >= 0.3 is 6.18 Å². The summed E-state index contributed by atoms with van der Waals surface area (Å²) in [4.78, 5) is 14.8. The van der Waals surface area contributed by atoms with Crippen molar-refractivity contribution in [2.24, 2.45) is 5.41 Å². The number of rotatable bonds is 2. The molecule has 0 bridgehead atoms. The molecule has 0 saturated carbocycles. The third kappa shape index (κ3) is 2.70. The molecule has 1 atom stereocenters. The van der Waals surface area contributed by atoms with E-state index in [2.05, 4.69) is 5.32 Å². The van der Waals surface area contributed by atoms with Crippen molar-refractivity contribution in [3.05, 3.63) is 35.4 Å². The van der Waals surface area contributed by atoms with Gasteiger partial charge in [-0.3, -0.25) is 4.79 Å². The van der Waals surface area contributed by atoms with Crippen LogP contribution in [0.25, 0.3) is 0 Å². The Morgan fingerprint density at radius 1 is 1.21 bits per heavy atom. The summed E-state index contributed by atoms with van der Waals surface area (Å²) in [5.41, 5.74) is -1.05. The molecule has 0 unspecified atom stereocenters. The van der Waals surface area contributed by atoms with Crippen molar-refractivity contribution in [1.29, 1.82) is 0 Å². The molecule has 2 aliphatic heterocycles. The zero-order chi connectivity index (χ0) is 17.5. The van der Waals surface area contributed by atoms with Crippen molar-refractivity contribution in [3.63, 3.8) is 0 Å². The predicted molar refractivity (Wildman–Crippen MR) is 85.6 cm³/mol. The van der Waals surface area contributed by atoms with Crippen molar-refractivity contribution < 1.29 is 18.0 Å². The highest BCUT2D eigenvalue weighted by Gasteiger charge is 2.56. The van der Waals surface area contributed by atoms with Gasteiger partial charge in [0.2, 0.25) is 5.91 Å². The first-order valence-corrected chi connectivity index (χ1v) is 8.45. The summed E-state index contributed by atoms with van der Waals surface area (Å²) in [5.74, 6) is -0.395. The average molecular weight is 340 g/mol. The molecule has 0 radical (unpaired) electrons. The van der Waals surface area contributed by atoms with Crippen LogP contribution < -0.4 is 5.32 Å². The zero-order valence-electron chi connectivity index (χ0n) is 14.0. The van der Waals surface area contributed by atoms with Crippen molar-refractivity contribution >= 4 is 5.91 Å². The van der Waals surface area contributed by atoms with Crippen molar-refractivity contribution in [3.8, 4) is 0 Å². The van der Waals surface area contributed by atoms with E-state index in [0.717, 1.165) is 6.07 Å². The van der Waals surface area contributed by atoms with Crippen molar-refractivity contribution in [2.45, 2.75) is 44.8 Å². The van der Waals surface area contributed by atoms with E-state index >= 15 is 0 Å². The minimum Gasteiger partial charge on any atom is -0.339 e. The number of nitrogens with zero attached hydrogens (tertiary/aromatic N) is 1. The van der Waals surface area contributed by atoms with E-state index in [1.807, 2.05) is 13.8 Å². The summed E-state index contributed by atoms with van der Waals surface area (Å²) in [7, 11) is 0. The first-order valence-electron chi connectivity index (χ1n) is 8.45. The fourth-order valence-electron chi connectivity index (χ4n) is 4.22. The van der Waals surface area contributed by atoms with Crippen LogP contribution in [0.1, 0.15) is 43.7 Å². The minimum absolute atomic E-state index is 0.00712. The summed E-state index contributed by atoms with van der Waals surface area (Å²) in [6.45, 7) is 5.55. The van der Waals surface area contributed by atoms with Crippen molar-refractivity contribution in [2.75, 3.05) is 19.6 Å². The number of carbonyl (C=O) groups excluding carboxylic acids is 1. The highest BCUT2D eigenvalue weighted by molar-refractivity contribution is 5.87. The van der Waals surface area contributed by atoms with Crippen LogP contribution in [-0.4, -0.2) is 36.5 Å². The Morgan fingerprint density at radius 2 is 1.83 bits per heavy atom. The summed E-state index contributed by atoms with van der Waals surface area (Å²) in [6.07, 6.45) is -3.23. The molecule has 3 nitrogen and oxygen atoms in total. The monoisotopic (exact) mass is 340 g/mol. The van der Waals surface area contributed by atoms with Gasteiger partial charge in [-0.05, 0) is 51.4 Å². The zero-order valence-corrected chi connectivity index (χ0v) is 14.0. The lowest BCUT2D eigenvalue weighted by atomic mass is 9.67. The maximum absolute atomic E-state index is 13.5. The Bertz CT molecular complexity index is 621. The smallest absolute Gasteiger partial charge is 0.339 e. The Kier molecular flexibility index (Phi) is 4.36. The number of piperidine rings is 1. The standard InChI is InChI=1S/C18H23F3N2O/c1-12(2)23-11-15(17(16(23)24)7-9-22-10-8-17)13-5-3-4-6-14(13)18(19,20)21/h3-6,12,15,22H,7-11H2,1-2H3/t15-/m1/s1. The highest BCUT2D eigenvalue weighted by atomic mass is 19.4. The maximum atomic E-state index is 13.5. The van der Waals surface area contributed by atoms with Gasteiger partial charge in [-0.1, -0.05) is 18.2 Å². The minimum atomic E-state index is -4.40. The lowest BCUT2D eigenvalue weighted by Crippen LogP contribution is -2.45. The van der Waals surface area contributed by atoms with Gasteiger partial charge < -0.3 is 10.2 Å². The lowest BCUT2D eigenvalue weighted by Gasteiger charge is -2.37. The van der Waals surface area contributed by atoms with Crippen LogP contribution in [0.5, 0.6) is 0 Å². The first kappa shape index (κ1) is 17.3. The molecule has 1 spiro atoms. The third-order valence-electron chi connectivity index (χ3n) is 5.49. The Balaban J connectivity index is 2.10. The molecule has 2 heterocycles. The Labute approximate surface area is 140 Å². The fourth-order valence-corrected chi connectivity index (χ4v) is 4.22. The second-order valence-corrected chi connectivity index (χ2v) is 7.09. The van der Waals surface area contributed by atoms with E-state index in [4.69, 9.17) is 0 Å². The van der Waals surface area contributed by atoms with Crippen molar-refractivity contribution in [1.82, 2.24) is 10.2 Å². The molecular weight excluding hydrogens is 317 g/mol. The van der Waals surface area contributed by atoms with E-state index in [0.29, 0.717) is 32.5 Å². The maximum Gasteiger partial charge on any atom is 0.416 e. The molecule has 2 fully saturated rings. The number of benzene rings is 1. The van der Waals surface area contributed by atoms with Crippen LogP contribution in [0, 0.1) is 5.41 Å². The first-order chi connectivity index (χ1) is 11.3. The quantitative estimate of drug-likeness (QED) is 0.895. The average Bonchev–Trinajstić information content (AvgIpc) is 2.81. The van der Waals surface area contributed by atoms with Crippen LogP contribution in [-0.2, 0) is 11.0 Å². The second kappa shape index (κ2) is 6.06. The van der Waals surface area contributed by atoms with E-state index in [1.165, 1.54) is 6.07 Å². The molecule has 1 aromatic carbocycles. The Morgan fingerprint density at radius 3 is 2.42 bits per heavy atom. The van der Waals surface area contributed by atoms with Crippen LogP contribution >= 0.6 is 0 Å². The molecule has 2 saturated heterocycles. The topological polar surface area (TPSA) is 32.3 Å². The number of alkyl halides is 3. The number of hydrogen-bond acceptors (Lipinski definition) is 2. The summed E-state index contributed by atoms with van der Waals surface area (Å²) < 4.78 is 40.5. The number of carbonyl (C=O) groups is 1. The Hall–Kier alpha value is -1.56. The number of halogens is 3. The number of likely N-dealkylation sites (tertiary alicyclic amines) is 1. The molecule has 24 heavy (non-hydrogen) atoms. The molecule has 0 aliphatic carbocycles. The number of hydrogen-bond donors (Lipinski definition) is 1. The number of amides is 1. The van der Waals surface area contributed by atoms with E-state index < -0.39 is 23.1 Å². The molecule has 3 rings (SSSR count). The predicted octanol–water partition coefficient (Wildman–Crippen LogP) is 3.41. The lowest BCUT2D eigenvalue weighted by molar-refractivity contribution is -0.141. The molecule has 1 N–H and O–H groups in total. The molecular formula is C18H23F3N2O. The fraction of sp³-hybridized carbons (Fsp3) is 0.611. The third-order valence-corrected chi connectivity index (χ3v) is 5.49. The van der Waals surface area contributed by atoms with Gasteiger partial charge in [0.1, 0.15) is 0 Å². The molecule has 132 valence electrons. The van der Waals surface area contributed by atoms with Crippen LogP contribution in [0.2, 0.25) is 0 Å². The second-order valence-electron chi connectivity index (χ2n) is 7.09. The van der Waals surface area contributed by atoms with Crippen LogP contribution in [0.3, 0.4) is 0 Å². The van der Waals surface area contributed by atoms with Crippen LogP contribution in [0.4, 0.5) is 13.2 Å². The summed E-state index contributed by atoms with van der Waals surface area (Å²) in [6, 6.07) is 5.73. The number of nitrogens with one attached hydrogen (secondary N) is 1. The van der Waals surface area contributed by atoms with Gasteiger partial charge in [0.25, 0.3) is 0 Å². The molecule has 1 amide bonds. The summed E-state index contributed by atoms with van der Waals surface area (Å²) >= 11 is 0. The van der Waals surface area contributed by atoms with Crippen LogP contribution in [0.15, 0.2) is 24.3 Å². The van der Waals surface area contributed by atoms with E-state index in [-0.39, 0.29) is 17.5 Å². The normalized spacial score (nSPS) is 24.2. The van der Waals surface area contributed by atoms with Gasteiger partial charge in [-0.25, -0.2) is 0 Å². The van der Waals surface area contributed by atoms with Gasteiger partial charge in [0.15, 0.2) is 0 Å². The van der Waals surface area contributed by atoms with Gasteiger partial charge in [-0.15, -0.1) is 0 Å². The summed E-state index contributed by atoms with van der Waals surface area (Å²) in [5, 5.41) is 3.22. The highest BCUT2D eigenvalue weighted by Crippen LogP contribution is 2.52. The molecule has 2 aliphatic rings. The van der Waals surface area contributed by atoms with Gasteiger partial charge in [0.05, 0.1) is 11.0 Å². The largest absolute Gasteiger partial charge is 0.416 e. The van der Waals surface area contributed by atoms with Gasteiger partial charge in [0, 0.05) is 18.5 Å².